The maximum Gasteiger partial charge on any atom is 0.0887 e. The van der Waals surface area contributed by atoms with Gasteiger partial charge in [0.2, 0.25) is 0 Å². The Labute approximate surface area is 302 Å². The molecule has 4 heterocycles. The fourth-order valence-corrected chi connectivity index (χ4v) is 7.71. The summed E-state index contributed by atoms with van der Waals surface area (Å²) < 4.78 is 2.48. The third-order valence-corrected chi connectivity index (χ3v) is 10.0. The normalized spacial score (nSPS) is 11.8. The Balaban J connectivity index is 1.26. The van der Waals surface area contributed by atoms with Crippen LogP contribution in [0.3, 0.4) is 0 Å². The van der Waals surface area contributed by atoms with Crippen molar-refractivity contribution in [2.45, 2.75) is 0 Å². The largest absolute Gasteiger partial charge is 0.308 e. The van der Waals surface area contributed by atoms with E-state index in [1.165, 1.54) is 38.8 Å². The molecule has 0 spiro atoms. The molecule has 0 atom stereocenters. The highest BCUT2D eigenvalue weighted by Crippen LogP contribution is 2.54. The summed E-state index contributed by atoms with van der Waals surface area (Å²) in [6.07, 6.45) is 3.77. The van der Waals surface area contributed by atoms with Gasteiger partial charge in [0.25, 0.3) is 0 Å². The van der Waals surface area contributed by atoms with E-state index in [4.69, 9.17) is 4.98 Å². The highest BCUT2D eigenvalue weighted by Gasteiger charge is 2.31. The minimum absolute atomic E-state index is 0.842. The van der Waals surface area contributed by atoms with E-state index >= 15 is 0 Å². The zero-order chi connectivity index (χ0) is 34.4. The van der Waals surface area contributed by atoms with Crippen LogP contribution in [0.5, 0.6) is 0 Å². The number of hydrogen-bond donors (Lipinski definition) is 0. The van der Waals surface area contributed by atoms with Crippen molar-refractivity contribution in [3.63, 3.8) is 0 Å². The molecular weight excluding hydrogens is 633 g/mol. The van der Waals surface area contributed by atoms with Crippen LogP contribution in [0.2, 0.25) is 0 Å². The fourth-order valence-electron chi connectivity index (χ4n) is 7.71. The highest BCUT2D eigenvalue weighted by atomic mass is 15.2. The van der Waals surface area contributed by atoms with Crippen LogP contribution in [-0.4, -0.2) is 14.5 Å². The molecule has 0 aliphatic carbocycles. The summed E-state index contributed by atoms with van der Waals surface area (Å²) >= 11 is 0. The zero-order valence-electron chi connectivity index (χ0n) is 28.3. The number of aromatic nitrogens is 3. The molecule has 0 fully saturated rings. The van der Waals surface area contributed by atoms with Crippen LogP contribution in [0.1, 0.15) is 0 Å². The van der Waals surface area contributed by atoms with Gasteiger partial charge in [-0.05, 0) is 82.9 Å². The number of rotatable bonds is 5. The van der Waals surface area contributed by atoms with Crippen molar-refractivity contribution in [1.29, 1.82) is 0 Å². The van der Waals surface area contributed by atoms with E-state index in [1.807, 2.05) is 24.4 Å². The molecule has 1 aliphatic heterocycles. The first-order valence-corrected chi connectivity index (χ1v) is 17.6. The topological polar surface area (TPSA) is 34.0 Å². The number of pyridine rings is 2. The number of fused-ring (bicyclic) bond motifs is 7. The van der Waals surface area contributed by atoms with Gasteiger partial charge < -0.3 is 9.47 Å². The van der Waals surface area contributed by atoms with E-state index in [2.05, 4.69) is 178 Å². The average molecular weight is 665 g/mol. The Morgan fingerprint density at radius 3 is 1.67 bits per heavy atom. The molecule has 0 unspecified atom stereocenters. The SMILES string of the molecule is c1ccc(-c2cc(-c3ccccc3)cc(-n3c4c(c5ccccc53)-c3ccccc3N(c3ccc(-c5ccccn5)nc3)c3ccccc3-4)c2)cc1. The first kappa shape index (κ1) is 29.8. The Morgan fingerprint density at radius 2 is 1.00 bits per heavy atom. The monoisotopic (exact) mass is 664 g/mol. The maximum absolute atomic E-state index is 4.92. The van der Waals surface area contributed by atoms with Crippen molar-refractivity contribution in [2.75, 3.05) is 4.90 Å². The van der Waals surface area contributed by atoms with Crippen molar-refractivity contribution in [2.24, 2.45) is 0 Å². The van der Waals surface area contributed by atoms with Gasteiger partial charge in [0, 0.05) is 34.0 Å². The molecule has 1 aliphatic rings. The van der Waals surface area contributed by atoms with Crippen LogP contribution in [-0.2, 0) is 0 Å². The Morgan fingerprint density at radius 1 is 0.404 bits per heavy atom. The summed E-state index contributed by atoms with van der Waals surface area (Å²) in [4.78, 5) is 11.8. The molecule has 10 rings (SSSR count). The van der Waals surface area contributed by atoms with E-state index in [0.717, 1.165) is 50.9 Å². The first-order valence-electron chi connectivity index (χ1n) is 17.6. The van der Waals surface area contributed by atoms with Crippen LogP contribution >= 0.6 is 0 Å². The molecule has 0 bridgehead atoms. The van der Waals surface area contributed by atoms with Crippen molar-refractivity contribution in [1.82, 2.24) is 14.5 Å². The van der Waals surface area contributed by atoms with Gasteiger partial charge in [-0.25, -0.2) is 0 Å². The molecule has 0 N–H and O–H groups in total. The second-order valence-electron chi connectivity index (χ2n) is 13.1. The lowest BCUT2D eigenvalue weighted by molar-refractivity contribution is 1.13. The quantitative estimate of drug-likeness (QED) is 0.184. The van der Waals surface area contributed by atoms with Gasteiger partial charge in [-0.15, -0.1) is 0 Å². The number of para-hydroxylation sites is 3. The van der Waals surface area contributed by atoms with Crippen molar-refractivity contribution in [3.05, 3.63) is 194 Å². The Hall–Kier alpha value is -7.04. The lowest BCUT2D eigenvalue weighted by Crippen LogP contribution is -2.11. The van der Waals surface area contributed by atoms with Gasteiger partial charge in [-0.1, -0.05) is 121 Å². The summed E-state index contributed by atoms with van der Waals surface area (Å²) in [6.45, 7) is 0. The van der Waals surface area contributed by atoms with Gasteiger partial charge in [0.15, 0.2) is 0 Å². The first-order chi connectivity index (χ1) is 25.8. The summed E-state index contributed by atoms with van der Waals surface area (Å²) in [6, 6.07) is 64.9. The van der Waals surface area contributed by atoms with E-state index in [-0.39, 0.29) is 0 Å². The lowest BCUT2D eigenvalue weighted by Gasteiger charge is -2.27. The van der Waals surface area contributed by atoms with E-state index < -0.39 is 0 Å². The molecule has 3 aromatic heterocycles. The molecular formula is C48H32N4. The number of nitrogens with zero attached hydrogens (tertiary/aromatic N) is 4. The summed E-state index contributed by atoms with van der Waals surface area (Å²) in [5.74, 6) is 0. The molecule has 4 heteroatoms. The predicted molar refractivity (Wildman–Crippen MR) is 214 cm³/mol. The van der Waals surface area contributed by atoms with Gasteiger partial charge in [-0.3, -0.25) is 9.97 Å². The van der Waals surface area contributed by atoms with Crippen LogP contribution in [0.4, 0.5) is 17.1 Å². The van der Waals surface area contributed by atoms with E-state index in [0.29, 0.717) is 0 Å². The minimum atomic E-state index is 0.842. The van der Waals surface area contributed by atoms with Gasteiger partial charge in [0.05, 0.1) is 45.9 Å². The summed E-state index contributed by atoms with van der Waals surface area (Å²) in [7, 11) is 0. The summed E-state index contributed by atoms with van der Waals surface area (Å²) in [5.41, 5.74) is 16.5. The second kappa shape index (κ2) is 12.4. The van der Waals surface area contributed by atoms with Crippen molar-refractivity contribution >= 4 is 28.0 Å². The number of hydrogen-bond acceptors (Lipinski definition) is 3. The molecule has 244 valence electrons. The maximum atomic E-state index is 4.92. The van der Waals surface area contributed by atoms with E-state index in [1.54, 1.807) is 6.20 Å². The van der Waals surface area contributed by atoms with Crippen LogP contribution in [0.15, 0.2) is 194 Å². The van der Waals surface area contributed by atoms with Gasteiger partial charge in [-0.2, -0.15) is 0 Å². The molecule has 0 radical (unpaired) electrons. The molecule has 0 saturated carbocycles. The number of benzene rings is 6. The average Bonchev–Trinajstić information content (AvgIpc) is 3.51. The fraction of sp³-hybridized carbons (Fsp3) is 0. The standard InChI is InChI=1S/C48H32N4/c1-3-15-33(16-4-1)35-29-36(34-17-5-2-6-18-34)31-38(30-35)52-45-24-11-8-20-40(45)47-39-19-7-10-23-44(39)51(46-25-12-9-21-41(46)48(47)52)37-26-27-43(50-32-37)42-22-13-14-28-49-42/h1-32H. The molecule has 0 saturated heterocycles. The molecule has 6 aromatic carbocycles. The van der Waals surface area contributed by atoms with E-state index in [9.17, 15) is 0 Å². The van der Waals surface area contributed by atoms with Crippen LogP contribution in [0, 0.1) is 0 Å². The third kappa shape index (κ3) is 4.92. The Bertz CT molecular complexity index is 2660. The van der Waals surface area contributed by atoms with Gasteiger partial charge >= 0.3 is 0 Å². The third-order valence-electron chi connectivity index (χ3n) is 10.0. The molecule has 9 aromatic rings. The van der Waals surface area contributed by atoms with Crippen LogP contribution < -0.4 is 4.90 Å². The van der Waals surface area contributed by atoms with Crippen molar-refractivity contribution in [3.8, 4) is 61.7 Å². The van der Waals surface area contributed by atoms with Crippen molar-refractivity contribution < 1.29 is 0 Å². The molecule has 4 nitrogen and oxygen atoms in total. The highest BCUT2D eigenvalue weighted by molar-refractivity contribution is 6.13. The smallest absolute Gasteiger partial charge is 0.0887 e. The molecule has 52 heavy (non-hydrogen) atoms. The summed E-state index contributed by atoms with van der Waals surface area (Å²) in [5, 5.41) is 1.21. The Kier molecular flexibility index (Phi) is 7.10. The van der Waals surface area contributed by atoms with Gasteiger partial charge in [0.1, 0.15) is 0 Å². The molecule has 0 amide bonds. The second-order valence-corrected chi connectivity index (χ2v) is 13.1. The predicted octanol–water partition coefficient (Wildman–Crippen LogP) is 12.5. The lowest BCUT2D eigenvalue weighted by atomic mass is 9.97. The minimum Gasteiger partial charge on any atom is -0.308 e. The zero-order valence-corrected chi connectivity index (χ0v) is 28.3. The number of anilines is 3. The van der Waals surface area contributed by atoms with Crippen LogP contribution in [0.25, 0.3) is 72.6 Å².